The van der Waals surface area contributed by atoms with Gasteiger partial charge in [-0.15, -0.1) is 0 Å². The van der Waals surface area contributed by atoms with Gasteiger partial charge in [-0.1, -0.05) is 24.3 Å². The Balaban J connectivity index is 1.54. The lowest BCUT2D eigenvalue weighted by atomic mass is 9.96. The fourth-order valence-electron chi connectivity index (χ4n) is 4.24. The molecule has 196 valence electrons. The molecule has 37 heavy (non-hydrogen) atoms. The number of nitrogens with two attached hydrogens (primary N) is 1. The molecule has 2 aromatic carbocycles. The molecule has 0 unspecified atom stereocenters. The first-order valence-electron chi connectivity index (χ1n) is 12.1. The summed E-state index contributed by atoms with van der Waals surface area (Å²) in [5.41, 5.74) is 9.82. The monoisotopic (exact) mass is 523 g/mol. The molecular weight excluding hydrogens is 490 g/mol. The van der Waals surface area contributed by atoms with Crippen LogP contribution in [0.5, 0.6) is 0 Å². The number of amides is 1. The Hall–Kier alpha value is -3.63. The Morgan fingerprint density at radius 3 is 2.43 bits per heavy atom. The van der Waals surface area contributed by atoms with Crippen molar-refractivity contribution in [1.29, 1.82) is 0 Å². The van der Waals surface area contributed by atoms with Crippen LogP contribution in [0.4, 0.5) is 22.9 Å². The molecule has 1 amide bonds. The van der Waals surface area contributed by atoms with Crippen molar-refractivity contribution in [2.75, 3.05) is 48.1 Å². The third-order valence-electron chi connectivity index (χ3n) is 6.75. The van der Waals surface area contributed by atoms with Crippen molar-refractivity contribution in [3.63, 3.8) is 0 Å². The predicted molar refractivity (Wildman–Crippen MR) is 147 cm³/mol. The molecule has 0 saturated carbocycles. The van der Waals surface area contributed by atoms with E-state index in [2.05, 4.69) is 20.5 Å². The van der Waals surface area contributed by atoms with Crippen LogP contribution in [-0.2, 0) is 25.9 Å². The zero-order chi connectivity index (χ0) is 26.6. The van der Waals surface area contributed by atoms with Gasteiger partial charge in [-0.25, -0.2) is 13.4 Å². The van der Waals surface area contributed by atoms with Crippen LogP contribution in [0.3, 0.4) is 0 Å². The van der Waals surface area contributed by atoms with Gasteiger partial charge in [0.1, 0.15) is 5.82 Å². The number of carbonyl (C=O) groups is 1. The highest BCUT2D eigenvalue weighted by Crippen LogP contribution is 2.32. The van der Waals surface area contributed by atoms with E-state index in [-0.39, 0.29) is 5.56 Å². The second kappa shape index (κ2) is 10.8. The van der Waals surface area contributed by atoms with Crippen molar-refractivity contribution in [3.8, 4) is 0 Å². The van der Waals surface area contributed by atoms with E-state index in [1.165, 1.54) is 12.5 Å². The standard InChI is InChI=1S/C27H33N5O4S/c1-27(2,37(3,34)35)23-7-5-4-6-19(23)17-29-24-16-25(30-18-22(24)26(28)33)31-20-8-10-21(11-9-20)32-12-14-36-15-13-32/h4-11,16,18H,12-15,17H2,1-3H3,(H2,28,33)(H2,29,30,31). The number of primary amides is 1. The van der Waals surface area contributed by atoms with E-state index in [0.29, 0.717) is 23.6 Å². The molecular formula is C27H33N5O4S. The molecule has 1 saturated heterocycles. The normalized spacial score (nSPS) is 14.3. The predicted octanol–water partition coefficient (Wildman–Crippen LogP) is 3.65. The minimum atomic E-state index is -3.37. The maximum absolute atomic E-state index is 12.4. The zero-order valence-corrected chi connectivity index (χ0v) is 22.1. The van der Waals surface area contributed by atoms with Gasteiger partial charge >= 0.3 is 0 Å². The topological polar surface area (TPSA) is 127 Å². The average molecular weight is 524 g/mol. The Morgan fingerprint density at radius 1 is 1.11 bits per heavy atom. The maximum atomic E-state index is 12.4. The second-order valence-electron chi connectivity index (χ2n) is 9.54. The minimum Gasteiger partial charge on any atom is -0.380 e. The molecule has 1 aliphatic rings. The number of anilines is 4. The Morgan fingerprint density at radius 2 is 1.78 bits per heavy atom. The lowest BCUT2D eigenvalue weighted by Gasteiger charge is -2.28. The van der Waals surface area contributed by atoms with Gasteiger partial charge in [0.15, 0.2) is 9.84 Å². The molecule has 1 fully saturated rings. The largest absolute Gasteiger partial charge is 0.380 e. The molecule has 4 rings (SSSR count). The number of aromatic nitrogens is 1. The van der Waals surface area contributed by atoms with Crippen molar-refractivity contribution < 1.29 is 17.9 Å². The fourth-order valence-corrected chi connectivity index (χ4v) is 4.84. The number of hydrogen-bond acceptors (Lipinski definition) is 8. The van der Waals surface area contributed by atoms with Crippen molar-refractivity contribution in [2.45, 2.75) is 25.1 Å². The zero-order valence-electron chi connectivity index (χ0n) is 21.3. The number of nitrogens with one attached hydrogen (secondary N) is 2. The summed E-state index contributed by atoms with van der Waals surface area (Å²) in [4.78, 5) is 18.7. The van der Waals surface area contributed by atoms with E-state index in [1.54, 1.807) is 19.9 Å². The van der Waals surface area contributed by atoms with Gasteiger partial charge in [-0.3, -0.25) is 4.79 Å². The van der Waals surface area contributed by atoms with E-state index in [9.17, 15) is 13.2 Å². The molecule has 0 bridgehead atoms. The van der Waals surface area contributed by atoms with Gasteiger partial charge in [-0.2, -0.15) is 0 Å². The molecule has 0 aliphatic carbocycles. The summed E-state index contributed by atoms with van der Waals surface area (Å²) in [6.07, 6.45) is 2.66. The lowest BCUT2D eigenvalue weighted by molar-refractivity contribution is 0.100. The molecule has 3 aromatic rings. The highest BCUT2D eigenvalue weighted by molar-refractivity contribution is 7.91. The number of rotatable bonds is 9. The lowest BCUT2D eigenvalue weighted by Crippen LogP contribution is -2.36. The molecule has 0 spiro atoms. The molecule has 4 N–H and O–H groups in total. The van der Waals surface area contributed by atoms with Crippen LogP contribution < -0.4 is 21.3 Å². The third kappa shape index (κ3) is 6.03. The van der Waals surface area contributed by atoms with Gasteiger partial charge < -0.3 is 26.0 Å². The van der Waals surface area contributed by atoms with Crippen LogP contribution in [0.25, 0.3) is 0 Å². The summed E-state index contributed by atoms with van der Waals surface area (Å²) in [7, 11) is -3.37. The van der Waals surface area contributed by atoms with Crippen molar-refractivity contribution in [3.05, 3.63) is 77.5 Å². The quantitative estimate of drug-likeness (QED) is 0.388. The van der Waals surface area contributed by atoms with Crippen LogP contribution in [-0.4, -0.2) is 51.9 Å². The molecule has 10 heteroatoms. The number of nitrogens with zero attached hydrogens (tertiary/aromatic N) is 2. The van der Waals surface area contributed by atoms with Gasteiger partial charge in [0.05, 0.1) is 29.2 Å². The van der Waals surface area contributed by atoms with Gasteiger partial charge in [0.25, 0.3) is 5.91 Å². The SMILES string of the molecule is CC(C)(c1ccccc1CNc1cc(Nc2ccc(N3CCOCC3)cc2)ncc1C(N)=O)S(C)(=O)=O. The van der Waals surface area contributed by atoms with Crippen LogP contribution in [0, 0.1) is 0 Å². The first-order chi connectivity index (χ1) is 17.6. The molecule has 0 radical (unpaired) electrons. The summed E-state index contributed by atoms with van der Waals surface area (Å²) in [6, 6.07) is 17.1. The number of pyridine rings is 1. The fraction of sp³-hybridized carbons (Fsp3) is 0.333. The minimum absolute atomic E-state index is 0.244. The molecule has 1 aliphatic heterocycles. The average Bonchev–Trinajstić information content (AvgIpc) is 2.88. The van der Waals surface area contributed by atoms with Gasteiger partial charge in [-0.05, 0) is 49.2 Å². The highest BCUT2D eigenvalue weighted by atomic mass is 32.2. The van der Waals surface area contributed by atoms with Crippen molar-refractivity contribution in [1.82, 2.24) is 4.98 Å². The van der Waals surface area contributed by atoms with E-state index in [0.717, 1.165) is 43.2 Å². The van der Waals surface area contributed by atoms with Crippen molar-refractivity contribution in [2.24, 2.45) is 5.73 Å². The summed E-state index contributed by atoms with van der Waals surface area (Å²) < 4.78 is 29.2. The van der Waals surface area contributed by atoms with E-state index < -0.39 is 20.5 Å². The van der Waals surface area contributed by atoms with Crippen molar-refractivity contribution >= 4 is 38.6 Å². The third-order valence-corrected chi connectivity index (χ3v) is 8.82. The highest BCUT2D eigenvalue weighted by Gasteiger charge is 2.34. The Labute approximate surface area is 218 Å². The van der Waals surface area contributed by atoms with E-state index in [1.807, 2.05) is 48.5 Å². The molecule has 1 aromatic heterocycles. The smallest absolute Gasteiger partial charge is 0.252 e. The second-order valence-corrected chi connectivity index (χ2v) is 12.1. The molecule has 0 atom stereocenters. The number of sulfone groups is 1. The van der Waals surface area contributed by atoms with Crippen LogP contribution in [0.2, 0.25) is 0 Å². The summed E-state index contributed by atoms with van der Waals surface area (Å²) in [6.45, 7) is 6.85. The number of ether oxygens (including phenoxy) is 1. The number of morpholine rings is 1. The molecule has 9 nitrogen and oxygen atoms in total. The van der Waals surface area contributed by atoms with E-state index >= 15 is 0 Å². The van der Waals surface area contributed by atoms with E-state index in [4.69, 9.17) is 10.5 Å². The summed E-state index contributed by atoms with van der Waals surface area (Å²) in [5, 5.41) is 6.53. The van der Waals surface area contributed by atoms with Gasteiger partial charge in [0.2, 0.25) is 0 Å². The van der Waals surface area contributed by atoms with Crippen LogP contribution >= 0.6 is 0 Å². The number of benzene rings is 2. The number of carbonyl (C=O) groups excluding carboxylic acids is 1. The molecule has 2 heterocycles. The Kier molecular flexibility index (Phi) is 7.70. The van der Waals surface area contributed by atoms with Crippen LogP contribution in [0.1, 0.15) is 35.3 Å². The first kappa shape index (κ1) is 26.4. The first-order valence-corrected chi connectivity index (χ1v) is 14.0. The maximum Gasteiger partial charge on any atom is 0.252 e. The Bertz CT molecular complexity index is 1370. The summed E-state index contributed by atoms with van der Waals surface area (Å²) >= 11 is 0. The number of hydrogen-bond donors (Lipinski definition) is 3. The van der Waals surface area contributed by atoms with Gasteiger partial charge in [0, 0.05) is 49.5 Å². The van der Waals surface area contributed by atoms with Crippen LogP contribution in [0.15, 0.2) is 60.8 Å². The summed E-state index contributed by atoms with van der Waals surface area (Å²) in [5.74, 6) is -0.0717.